The minimum atomic E-state index is -1.67. The van der Waals surface area contributed by atoms with Crippen molar-refractivity contribution in [3.8, 4) is 17.6 Å². The Morgan fingerprint density at radius 2 is 1.36 bits per heavy atom. The molecule has 8 rings (SSSR count). The van der Waals surface area contributed by atoms with Crippen molar-refractivity contribution >= 4 is 45.8 Å². The fourth-order valence-electron chi connectivity index (χ4n) is 9.58. The first-order valence-corrected chi connectivity index (χ1v) is 17.8. The Kier molecular flexibility index (Phi) is 6.79. The van der Waals surface area contributed by atoms with Crippen LogP contribution in [-0.4, -0.2) is 53.9 Å². The fraction of sp³-hybridized carbons (Fsp3) is 0.550. The Balaban J connectivity index is 1.34. The van der Waals surface area contributed by atoms with E-state index in [1.807, 2.05) is 6.07 Å². The topological polar surface area (TPSA) is 178 Å². The van der Waals surface area contributed by atoms with E-state index in [4.69, 9.17) is 32.8 Å². The number of hydrogen-bond acceptors (Lipinski definition) is 13. The van der Waals surface area contributed by atoms with Gasteiger partial charge in [0.05, 0.1) is 40.5 Å². The maximum atomic E-state index is 14.7. The van der Waals surface area contributed by atoms with Crippen molar-refractivity contribution in [3.63, 3.8) is 0 Å². The van der Waals surface area contributed by atoms with E-state index in [9.17, 15) is 29.2 Å². The van der Waals surface area contributed by atoms with Crippen LogP contribution in [0.2, 0.25) is 0 Å². The molecule has 3 aliphatic heterocycles. The first kappa shape index (κ1) is 34.9. The van der Waals surface area contributed by atoms with Gasteiger partial charge in [0.1, 0.15) is 28.1 Å². The average Bonchev–Trinajstić information content (AvgIpc) is 3.56. The number of fused-ring (bicyclic) bond motifs is 8. The zero-order chi connectivity index (χ0) is 38.5. The van der Waals surface area contributed by atoms with Crippen LogP contribution in [-0.2, 0) is 38.1 Å². The third-order valence-corrected chi connectivity index (χ3v) is 14.2. The van der Waals surface area contributed by atoms with E-state index in [-0.39, 0.29) is 57.4 Å². The molecule has 4 heterocycles. The molecule has 278 valence electrons. The Bertz CT molecular complexity index is 2330. The van der Waals surface area contributed by atoms with Gasteiger partial charge >= 0.3 is 23.9 Å². The molecule has 53 heavy (non-hydrogen) atoms. The number of carbonyl (C=O) groups excluding carboxylic acids is 4. The van der Waals surface area contributed by atoms with Crippen LogP contribution < -0.4 is 14.9 Å². The SMILES string of the molecule is COc1cc2c(c3oc4ccc(C#N)cc4c(=O)c13)[C@@H](OC(=O)C13CCC(C)(C(=O)O1)C3(C)C)[C@@H](OC(=O)C13CCC(C)(C(=O)O1)C3(C)C)C(C)(C)O2. The van der Waals surface area contributed by atoms with Crippen LogP contribution in [0.1, 0.15) is 98.3 Å². The lowest BCUT2D eigenvalue weighted by molar-refractivity contribution is -0.217. The van der Waals surface area contributed by atoms with Crippen molar-refractivity contribution in [2.75, 3.05) is 7.11 Å². The van der Waals surface area contributed by atoms with Crippen molar-refractivity contribution in [2.24, 2.45) is 21.7 Å². The highest BCUT2D eigenvalue weighted by Gasteiger charge is 2.78. The minimum absolute atomic E-state index is 0.0292. The first-order valence-electron chi connectivity index (χ1n) is 17.8. The van der Waals surface area contributed by atoms with E-state index >= 15 is 0 Å². The van der Waals surface area contributed by atoms with Gasteiger partial charge in [0.25, 0.3) is 0 Å². The Morgan fingerprint density at radius 1 is 0.792 bits per heavy atom. The third-order valence-electron chi connectivity index (χ3n) is 14.2. The summed E-state index contributed by atoms with van der Waals surface area (Å²) in [4.78, 5) is 69.9. The van der Waals surface area contributed by atoms with Gasteiger partial charge in [0, 0.05) is 16.9 Å². The summed E-state index contributed by atoms with van der Waals surface area (Å²) in [5, 5.41) is 9.62. The van der Waals surface area contributed by atoms with Gasteiger partial charge in [-0.15, -0.1) is 0 Å². The molecule has 0 radical (unpaired) electrons. The number of benzene rings is 2. The quantitative estimate of drug-likeness (QED) is 0.177. The summed E-state index contributed by atoms with van der Waals surface area (Å²) in [6.07, 6.45) is -1.72. The molecule has 2 aromatic carbocycles. The van der Waals surface area contributed by atoms with Crippen LogP contribution in [0.25, 0.3) is 21.9 Å². The molecule has 4 bridgehead atoms. The van der Waals surface area contributed by atoms with Gasteiger partial charge in [-0.1, -0.05) is 27.7 Å². The number of nitrogens with zero attached hydrogens (tertiary/aromatic N) is 1. The van der Waals surface area contributed by atoms with Crippen molar-refractivity contribution in [3.05, 3.63) is 45.6 Å². The molecule has 2 aliphatic carbocycles. The van der Waals surface area contributed by atoms with Gasteiger partial charge in [-0.2, -0.15) is 5.26 Å². The lowest BCUT2D eigenvalue weighted by Gasteiger charge is -2.46. The molecule has 0 spiro atoms. The van der Waals surface area contributed by atoms with E-state index in [0.29, 0.717) is 12.8 Å². The lowest BCUT2D eigenvalue weighted by Crippen LogP contribution is -2.57. The van der Waals surface area contributed by atoms with Crippen LogP contribution in [0.3, 0.4) is 0 Å². The molecule has 2 saturated carbocycles. The van der Waals surface area contributed by atoms with E-state index in [1.54, 1.807) is 55.4 Å². The summed E-state index contributed by atoms with van der Waals surface area (Å²) >= 11 is 0. The summed E-state index contributed by atoms with van der Waals surface area (Å²) in [5.74, 6) is -2.50. The van der Waals surface area contributed by atoms with Gasteiger partial charge in [0.15, 0.2) is 17.8 Å². The molecule has 3 aromatic rings. The van der Waals surface area contributed by atoms with Crippen LogP contribution in [0.5, 0.6) is 11.5 Å². The van der Waals surface area contributed by atoms with Crippen molar-refractivity contribution < 1.29 is 52.0 Å². The van der Waals surface area contributed by atoms with Crippen LogP contribution >= 0.6 is 0 Å². The van der Waals surface area contributed by atoms with E-state index < -0.39 is 80.0 Å². The predicted octanol–water partition coefficient (Wildman–Crippen LogP) is 5.74. The molecule has 6 atom stereocenters. The minimum Gasteiger partial charge on any atom is -0.496 e. The van der Waals surface area contributed by atoms with Crippen LogP contribution in [0, 0.1) is 33.0 Å². The van der Waals surface area contributed by atoms with Crippen molar-refractivity contribution in [1.82, 2.24) is 0 Å². The van der Waals surface area contributed by atoms with Gasteiger partial charge in [-0.3, -0.25) is 14.4 Å². The zero-order valence-corrected chi connectivity index (χ0v) is 31.1. The highest BCUT2D eigenvalue weighted by Crippen LogP contribution is 2.68. The van der Waals surface area contributed by atoms with Gasteiger partial charge < -0.3 is 32.8 Å². The molecule has 1 aromatic heterocycles. The molecule has 13 nitrogen and oxygen atoms in total. The normalized spacial score (nSPS) is 33.8. The highest BCUT2D eigenvalue weighted by molar-refractivity contribution is 5.98. The predicted molar refractivity (Wildman–Crippen MR) is 185 cm³/mol. The second-order valence-electron chi connectivity index (χ2n) is 17.2. The summed E-state index contributed by atoms with van der Waals surface area (Å²) in [7, 11) is 1.37. The Labute approximate surface area is 304 Å². The number of methoxy groups -OCH3 is 1. The largest absolute Gasteiger partial charge is 0.496 e. The second kappa shape index (κ2) is 10.3. The molecule has 4 unspecified atom stereocenters. The average molecular weight is 728 g/mol. The Hall–Kier alpha value is -5.12. The number of hydrogen-bond donors (Lipinski definition) is 0. The zero-order valence-electron chi connectivity index (χ0n) is 31.1. The van der Waals surface area contributed by atoms with Crippen LogP contribution in [0.4, 0.5) is 0 Å². The third kappa shape index (κ3) is 3.94. The maximum absolute atomic E-state index is 14.7. The fourth-order valence-corrected chi connectivity index (χ4v) is 9.58. The summed E-state index contributed by atoms with van der Waals surface area (Å²) in [6, 6.07) is 7.89. The summed E-state index contributed by atoms with van der Waals surface area (Å²) < 4.78 is 43.2. The van der Waals surface area contributed by atoms with E-state index in [2.05, 4.69) is 0 Å². The molecule has 0 amide bonds. The molecule has 5 aliphatic rings. The molecular formula is C40H41NO12. The first-order chi connectivity index (χ1) is 24.7. The number of ether oxygens (including phenoxy) is 6. The molecule has 0 N–H and O–H groups in total. The molecule has 4 fully saturated rings. The molecular weight excluding hydrogens is 686 g/mol. The monoisotopic (exact) mass is 727 g/mol. The van der Waals surface area contributed by atoms with Crippen LogP contribution in [0.15, 0.2) is 33.5 Å². The number of esters is 4. The highest BCUT2D eigenvalue weighted by atomic mass is 16.7. The van der Waals surface area contributed by atoms with Gasteiger partial charge in [-0.05, 0) is 71.6 Å². The number of rotatable bonds is 5. The number of carbonyl (C=O) groups is 4. The number of nitriles is 1. The summed E-state index contributed by atoms with van der Waals surface area (Å²) in [6.45, 7) is 14.0. The molecule has 2 saturated heterocycles. The standard InChI is InChI=1S/C40H41NO12/c1-34(2)29(50-33(46)40-15-13-38(8,31(44)53-40)36(40,5)6)28(49-32(45)39-14-12-37(7,30(43)52-39)35(39,3)4)25-23(51-34)17-22(47-9)24-26(42)20-16-19(18-41)10-11-21(20)48-27(24)25/h10-11,16-17,28-29H,12-15H2,1-9H3/t28-,29-,37?,38?,39?,40?/m1/s1. The van der Waals surface area contributed by atoms with E-state index in [0.717, 1.165) is 0 Å². The summed E-state index contributed by atoms with van der Waals surface area (Å²) in [5.41, 5.74) is -8.71. The van der Waals surface area contributed by atoms with Crippen molar-refractivity contribution in [2.45, 2.75) is 110 Å². The van der Waals surface area contributed by atoms with Gasteiger partial charge in [0.2, 0.25) is 16.6 Å². The smallest absolute Gasteiger partial charge is 0.351 e. The van der Waals surface area contributed by atoms with Crippen molar-refractivity contribution in [1.29, 1.82) is 5.26 Å². The van der Waals surface area contributed by atoms with Gasteiger partial charge in [-0.25, -0.2) is 9.59 Å². The Morgan fingerprint density at radius 3 is 1.85 bits per heavy atom. The lowest BCUT2D eigenvalue weighted by atomic mass is 9.66. The van der Waals surface area contributed by atoms with E-state index in [1.165, 1.54) is 31.4 Å². The maximum Gasteiger partial charge on any atom is 0.351 e. The molecule has 13 heteroatoms. The second-order valence-corrected chi connectivity index (χ2v) is 17.2.